The predicted octanol–water partition coefficient (Wildman–Crippen LogP) is 1.74. The number of ether oxygens (including phenoxy) is 1. The van der Waals surface area contributed by atoms with Gasteiger partial charge in [0.1, 0.15) is 11.7 Å². The number of hydrogen-bond acceptors (Lipinski definition) is 5. The number of benzene rings is 1. The summed E-state index contributed by atoms with van der Waals surface area (Å²) in [7, 11) is 1.33. The Morgan fingerprint density at radius 3 is 2.89 bits per heavy atom. The topological polar surface area (TPSA) is 72.7 Å². The summed E-state index contributed by atoms with van der Waals surface area (Å²) >= 11 is 0. The van der Waals surface area contributed by atoms with Crippen LogP contribution in [0.5, 0.6) is 0 Å². The van der Waals surface area contributed by atoms with Crippen LogP contribution in [0.3, 0.4) is 0 Å². The van der Waals surface area contributed by atoms with Crippen LogP contribution in [0.25, 0.3) is 0 Å². The number of carbonyl (C=O) groups excluding carboxylic acids is 1. The second-order valence-electron chi connectivity index (χ2n) is 4.12. The lowest BCUT2D eigenvalue weighted by atomic mass is 10.2. The predicted molar refractivity (Wildman–Crippen MR) is 65.5 cm³/mol. The first-order valence-corrected chi connectivity index (χ1v) is 5.73. The van der Waals surface area contributed by atoms with Crippen molar-refractivity contribution in [2.24, 2.45) is 0 Å². The molecular formula is C12H14N2O4. The van der Waals surface area contributed by atoms with E-state index in [0.29, 0.717) is 18.7 Å². The molecule has 2 rings (SSSR count). The number of nitro benzene ring substituents is 1. The summed E-state index contributed by atoms with van der Waals surface area (Å²) in [5, 5.41) is 11.0. The summed E-state index contributed by atoms with van der Waals surface area (Å²) in [6.07, 6.45) is 1.49. The molecule has 0 aromatic heterocycles. The maximum atomic E-state index is 11.6. The minimum absolute atomic E-state index is 0.0216. The van der Waals surface area contributed by atoms with Crippen LogP contribution in [0, 0.1) is 10.1 Å². The average molecular weight is 250 g/mol. The molecule has 0 spiro atoms. The maximum Gasteiger partial charge on any atom is 0.328 e. The third kappa shape index (κ3) is 2.13. The molecule has 1 heterocycles. The van der Waals surface area contributed by atoms with E-state index < -0.39 is 11.0 Å². The Morgan fingerprint density at radius 1 is 1.50 bits per heavy atom. The average Bonchev–Trinajstić information content (AvgIpc) is 2.86. The van der Waals surface area contributed by atoms with Gasteiger partial charge in [0.05, 0.1) is 12.0 Å². The van der Waals surface area contributed by atoms with Gasteiger partial charge < -0.3 is 9.64 Å². The Balaban J connectivity index is 2.36. The van der Waals surface area contributed by atoms with Gasteiger partial charge in [-0.2, -0.15) is 0 Å². The van der Waals surface area contributed by atoms with Crippen molar-refractivity contribution < 1.29 is 14.5 Å². The van der Waals surface area contributed by atoms with Crippen LogP contribution in [-0.2, 0) is 9.53 Å². The van der Waals surface area contributed by atoms with Crippen LogP contribution in [0.4, 0.5) is 11.4 Å². The molecule has 0 unspecified atom stereocenters. The molecule has 1 aliphatic rings. The first-order valence-electron chi connectivity index (χ1n) is 5.73. The Labute approximate surface area is 104 Å². The van der Waals surface area contributed by atoms with Crippen LogP contribution in [0.1, 0.15) is 12.8 Å². The van der Waals surface area contributed by atoms with Crippen molar-refractivity contribution in [2.45, 2.75) is 18.9 Å². The number of carbonyl (C=O) groups is 1. The monoisotopic (exact) mass is 250 g/mol. The maximum absolute atomic E-state index is 11.6. The van der Waals surface area contributed by atoms with E-state index in [9.17, 15) is 14.9 Å². The number of para-hydroxylation sites is 2. The number of anilines is 1. The fourth-order valence-corrected chi connectivity index (χ4v) is 2.30. The van der Waals surface area contributed by atoms with Gasteiger partial charge >= 0.3 is 5.97 Å². The van der Waals surface area contributed by atoms with E-state index in [1.165, 1.54) is 13.2 Å². The highest BCUT2D eigenvalue weighted by Gasteiger charge is 2.34. The third-order valence-corrected chi connectivity index (χ3v) is 3.11. The SMILES string of the molecule is COC(=O)[C@H]1CCCN1c1ccccc1[N+](=O)[O-]. The Bertz CT molecular complexity index is 475. The van der Waals surface area contributed by atoms with Crippen molar-refractivity contribution in [3.8, 4) is 0 Å². The van der Waals surface area contributed by atoms with Gasteiger partial charge in [0.15, 0.2) is 0 Å². The summed E-state index contributed by atoms with van der Waals surface area (Å²) in [6, 6.07) is 6.04. The molecule has 0 aliphatic carbocycles. The number of hydrogen-bond donors (Lipinski definition) is 0. The molecule has 1 aliphatic heterocycles. The highest BCUT2D eigenvalue weighted by atomic mass is 16.6. The standard InChI is InChI=1S/C12H14N2O4/c1-18-12(15)11-7-4-8-13(11)9-5-2-3-6-10(9)14(16)17/h2-3,5-6,11H,4,7-8H2,1H3/t11-/m1/s1. The van der Waals surface area contributed by atoms with Crippen LogP contribution in [0.15, 0.2) is 24.3 Å². The molecule has 0 amide bonds. The lowest BCUT2D eigenvalue weighted by molar-refractivity contribution is -0.384. The summed E-state index contributed by atoms with van der Waals surface area (Å²) in [4.78, 5) is 24.0. The molecule has 18 heavy (non-hydrogen) atoms. The molecule has 1 saturated heterocycles. The summed E-state index contributed by atoms with van der Waals surface area (Å²) in [5.74, 6) is -0.342. The molecule has 6 nitrogen and oxygen atoms in total. The highest BCUT2D eigenvalue weighted by Crippen LogP contribution is 2.33. The van der Waals surface area contributed by atoms with Crippen molar-refractivity contribution in [3.63, 3.8) is 0 Å². The molecule has 1 aromatic rings. The van der Waals surface area contributed by atoms with Crippen LogP contribution >= 0.6 is 0 Å². The fraction of sp³-hybridized carbons (Fsp3) is 0.417. The molecule has 0 N–H and O–H groups in total. The van der Waals surface area contributed by atoms with E-state index in [1.807, 2.05) is 0 Å². The van der Waals surface area contributed by atoms with Gasteiger partial charge in [0, 0.05) is 12.6 Å². The van der Waals surface area contributed by atoms with Crippen molar-refractivity contribution >= 4 is 17.3 Å². The number of methoxy groups -OCH3 is 1. The number of rotatable bonds is 3. The smallest absolute Gasteiger partial charge is 0.328 e. The number of esters is 1. The van der Waals surface area contributed by atoms with E-state index in [1.54, 1.807) is 23.1 Å². The number of nitro groups is 1. The Kier molecular flexibility index (Phi) is 3.45. The molecular weight excluding hydrogens is 236 g/mol. The minimum Gasteiger partial charge on any atom is -0.467 e. The van der Waals surface area contributed by atoms with E-state index in [4.69, 9.17) is 4.74 Å². The largest absolute Gasteiger partial charge is 0.467 e. The van der Waals surface area contributed by atoms with E-state index in [-0.39, 0.29) is 11.7 Å². The van der Waals surface area contributed by atoms with Crippen molar-refractivity contribution in [3.05, 3.63) is 34.4 Å². The van der Waals surface area contributed by atoms with Crippen molar-refractivity contribution in [1.82, 2.24) is 0 Å². The fourth-order valence-electron chi connectivity index (χ4n) is 2.30. The zero-order chi connectivity index (χ0) is 13.1. The van der Waals surface area contributed by atoms with Gasteiger partial charge in [-0.3, -0.25) is 10.1 Å². The van der Waals surface area contributed by atoms with E-state index in [0.717, 1.165) is 6.42 Å². The van der Waals surface area contributed by atoms with Gasteiger partial charge in [-0.05, 0) is 18.9 Å². The highest BCUT2D eigenvalue weighted by molar-refractivity contribution is 5.82. The molecule has 0 bridgehead atoms. The first-order chi connectivity index (χ1) is 8.65. The Hall–Kier alpha value is -2.11. The van der Waals surface area contributed by atoms with Gasteiger partial charge in [0.25, 0.3) is 5.69 Å². The van der Waals surface area contributed by atoms with Gasteiger partial charge in [0.2, 0.25) is 0 Å². The van der Waals surface area contributed by atoms with E-state index >= 15 is 0 Å². The lowest BCUT2D eigenvalue weighted by Gasteiger charge is -2.24. The second kappa shape index (κ2) is 5.03. The summed E-state index contributed by atoms with van der Waals surface area (Å²) in [5.41, 5.74) is 0.503. The van der Waals surface area contributed by atoms with Crippen molar-refractivity contribution in [1.29, 1.82) is 0 Å². The lowest BCUT2D eigenvalue weighted by Crippen LogP contribution is -2.37. The van der Waals surface area contributed by atoms with Crippen LogP contribution < -0.4 is 4.90 Å². The Morgan fingerprint density at radius 2 is 2.22 bits per heavy atom. The molecule has 1 aromatic carbocycles. The van der Waals surface area contributed by atoms with Crippen LogP contribution in [-0.4, -0.2) is 30.6 Å². The van der Waals surface area contributed by atoms with Crippen LogP contribution in [0.2, 0.25) is 0 Å². The van der Waals surface area contributed by atoms with Gasteiger partial charge in [-0.15, -0.1) is 0 Å². The molecule has 6 heteroatoms. The second-order valence-corrected chi connectivity index (χ2v) is 4.12. The molecule has 96 valence electrons. The molecule has 1 atom stereocenters. The summed E-state index contributed by atoms with van der Waals surface area (Å²) in [6.45, 7) is 0.630. The molecule has 0 radical (unpaired) electrons. The normalized spacial score (nSPS) is 18.7. The molecule has 1 fully saturated rings. The third-order valence-electron chi connectivity index (χ3n) is 3.11. The van der Waals surface area contributed by atoms with Gasteiger partial charge in [-0.25, -0.2) is 4.79 Å². The zero-order valence-electron chi connectivity index (χ0n) is 10.0. The molecule has 0 saturated carbocycles. The summed E-state index contributed by atoms with van der Waals surface area (Å²) < 4.78 is 4.74. The van der Waals surface area contributed by atoms with Gasteiger partial charge in [-0.1, -0.05) is 12.1 Å². The minimum atomic E-state index is -0.429. The quantitative estimate of drug-likeness (QED) is 0.464. The number of nitrogens with zero attached hydrogens (tertiary/aromatic N) is 2. The van der Waals surface area contributed by atoms with E-state index in [2.05, 4.69) is 0 Å². The first kappa shape index (κ1) is 12.3. The van der Waals surface area contributed by atoms with Crippen molar-refractivity contribution in [2.75, 3.05) is 18.6 Å². The zero-order valence-corrected chi connectivity index (χ0v) is 10.0.